The summed E-state index contributed by atoms with van der Waals surface area (Å²) >= 11 is 1.32. The van der Waals surface area contributed by atoms with Gasteiger partial charge < -0.3 is 20.5 Å². The highest BCUT2D eigenvalue weighted by Gasteiger charge is 2.17. The minimum atomic E-state index is -0.563. The van der Waals surface area contributed by atoms with Gasteiger partial charge in [-0.25, -0.2) is 4.98 Å². The molecule has 3 N–H and O–H groups in total. The van der Waals surface area contributed by atoms with Gasteiger partial charge in [0.25, 0.3) is 5.91 Å². The Bertz CT molecular complexity index is 1000. The van der Waals surface area contributed by atoms with Crippen molar-refractivity contribution in [1.82, 2.24) is 4.98 Å². The van der Waals surface area contributed by atoms with Crippen molar-refractivity contribution in [3.63, 3.8) is 0 Å². The first kappa shape index (κ1) is 18.4. The second kappa shape index (κ2) is 7.88. The van der Waals surface area contributed by atoms with Crippen LogP contribution in [0.1, 0.15) is 20.8 Å². The minimum Gasteiger partial charge on any atom is -0.493 e. The van der Waals surface area contributed by atoms with Gasteiger partial charge in [0, 0.05) is 16.6 Å². The number of amides is 2. The van der Waals surface area contributed by atoms with Crippen molar-refractivity contribution in [2.75, 3.05) is 19.5 Å². The molecule has 0 saturated heterocycles. The third-order valence-electron chi connectivity index (χ3n) is 3.78. The summed E-state index contributed by atoms with van der Waals surface area (Å²) in [6, 6.07) is 11.9. The standard InChI is InChI=1S/C19H17N3O4S/c1-25-15-8-4-7-13(16(15)26-2)19-22-14(10-27-19)18(24)21-12-6-3-5-11(9-12)17(20)23/h3-10H,1-2H3,(H2,20,23)(H,21,24). The molecule has 138 valence electrons. The van der Waals surface area contributed by atoms with E-state index < -0.39 is 5.91 Å². The van der Waals surface area contributed by atoms with Gasteiger partial charge in [-0.1, -0.05) is 12.1 Å². The van der Waals surface area contributed by atoms with E-state index in [0.717, 1.165) is 5.56 Å². The average molecular weight is 383 g/mol. The van der Waals surface area contributed by atoms with Gasteiger partial charge in [-0.15, -0.1) is 11.3 Å². The number of ether oxygens (including phenoxy) is 2. The number of anilines is 1. The third kappa shape index (κ3) is 3.90. The molecule has 0 radical (unpaired) electrons. The number of nitrogens with two attached hydrogens (primary N) is 1. The van der Waals surface area contributed by atoms with E-state index in [9.17, 15) is 9.59 Å². The molecule has 1 aromatic heterocycles. The maximum Gasteiger partial charge on any atom is 0.275 e. The van der Waals surface area contributed by atoms with Gasteiger partial charge in [-0.3, -0.25) is 9.59 Å². The Morgan fingerprint density at radius 2 is 1.89 bits per heavy atom. The Balaban J connectivity index is 1.85. The molecule has 1 heterocycles. The van der Waals surface area contributed by atoms with Crippen molar-refractivity contribution in [2.24, 2.45) is 5.73 Å². The van der Waals surface area contributed by atoms with E-state index in [4.69, 9.17) is 15.2 Å². The highest BCUT2D eigenvalue weighted by molar-refractivity contribution is 7.13. The lowest BCUT2D eigenvalue weighted by Gasteiger charge is -2.10. The maximum absolute atomic E-state index is 12.5. The SMILES string of the molecule is COc1cccc(-c2nc(C(=O)Nc3cccc(C(N)=O)c3)cs2)c1OC. The van der Waals surface area contributed by atoms with Crippen LogP contribution in [0.2, 0.25) is 0 Å². The first-order chi connectivity index (χ1) is 13.0. The number of primary amides is 1. The van der Waals surface area contributed by atoms with Crippen molar-refractivity contribution in [3.05, 3.63) is 59.1 Å². The summed E-state index contributed by atoms with van der Waals surface area (Å²) in [6.07, 6.45) is 0. The molecule has 8 heteroatoms. The van der Waals surface area contributed by atoms with Crippen molar-refractivity contribution in [2.45, 2.75) is 0 Å². The van der Waals surface area contributed by atoms with Gasteiger partial charge in [0.1, 0.15) is 10.7 Å². The summed E-state index contributed by atoms with van der Waals surface area (Å²) in [6.45, 7) is 0. The largest absolute Gasteiger partial charge is 0.493 e. The zero-order valence-corrected chi connectivity index (χ0v) is 15.5. The second-order valence-corrected chi connectivity index (χ2v) is 6.34. The monoisotopic (exact) mass is 383 g/mol. The highest BCUT2D eigenvalue weighted by atomic mass is 32.1. The Morgan fingerprint density at radius 1 is 1.11 bits per heavy atom. The van der Waals surface area contributed by atoms with Gasteiger partial charge in [-0.05, 0) is 30.3 Å². The van der Waals surface area contributed by atoms with Crippen LogP contribution in [0.15, 0.2) is 47.8 Å². The highest BCUT2D eigenvalue weighted by Crippen LogP contribution is 2.39. The summed E-state index contributed by atoms with van der Waals surface area (Å²) in [5.74, 6) is 0.183. The zero-order valence-electron chi connectivity index (χ0n) is 14.7. The Labute approximate surface area is 159 Å². The van der Waals surface area contributed by atoms with Crippen LogP contribution < -0.4 is 20.5 Å². The molecular weight excluding hydrogens is 366 g/mol. The zero-order chi connectivity index (χ0) is 19.4. The molecule has 27 heavy (non-hydrogen) atoms. The number of carbonyl (C=O) groups is 2. The lowest BCUT2D eigenvalue weighted by atomic mass is 10.2. The molecule has 0 saturated carbocycles. The molecule has 2 amide bonds. The number of methoxy groups -OCH3 is 2. The summed E-state index contributed by atoms with van der Waals surface area (Å²) < 4.78 is 10.7. The van der Waals surface area contributed by atoms with Gasteiger partial charge in [0.05, 0.1) is 19.8 Å². The number of carbonyl (C=O) groups excluding carboxylic acids is 2. The summed E-state index contributed by atoms with van der Waals surface area (Å²) in [5, 5.41) is 4.99. The fourth-order valence-electron chi connectivity index (χ4n) is 2.50. The normalized spacial score (nSPS) is 10.3. The molecule has 7 nitrogen and oxygen atoms in total. The summed E-state index contributed by atoms with van der Waals surface area (Å²) in [5.41, 5.74) is 7.02. The van der Waals surface area contributed by atoms with Crippen molar-refractivity contribution < 1.29 is 19.1 Å². The summed E-state index contributed by atoms with van der Waals surface area (Å²) in [7, 11) is 3.11. The van der Waals surface area contributed by atoms with Crippen LogP contribution in [0.5, 0.6) is 11.5 Å². The number of nitrogens with zero attached hydrogens (tertiary/aromatic N) is 1. The van der Waals surface area contributed by atoms with E-state index in [2.05, 4.69) is 10.3 Å². The predicted octanol–water partition coefficient (Wildman–Crippen LogP) is 3.18. The lowest BCUT2D eigenvalue weighted by molar-refractivity contribution is 0.0995. The minimum absolute atomic E-state index is 0.254. The van der Waals surface area contributed by atoms with Gasteiger partial charge in [-0.2, -0.15) is 0 Å². The number of hydrogen-bond acceptors (Lipinski definition) is 6. The molecule has 2 aromatic carbocycles. The van der Waals surface area contributed by atoms with Gasteiger partial charge in [0.2, 0.25) is 5.91 Å². The Hall–Kier alpha value is -3.39. The number of para-hydroxylation sites is 1. The Morgan fingerprint density at radius 3 is 2.59 bits per heavy atom. The number of nitrogens with one attached hydrogen (secondary N) is 1. The number of hydrogen-bond donors (Lipinski definition) is 2. The van der Waals surface area contributed by atoms with Crippen LogP contribution in [-0.2, 0) is 0 Å². The van der Waals surface area contributed by atoms with Crippen LogP contribution >= 0.6 is 11.3 Å². The molecule has 0 atom stereocenters. The van der Waals surface area contributed by atoms with Crippen LogP contribution in [-0.4, -0.2) is 31.0 Å². The third-order valence-corrected chi connectivity index (χ3v) is 4.65. The van der Waals surface area contributed by atoms with E-state index in [1.54, 1.807) is 43.9 Å². The van der Waals surface area contributed by atoms with Gasteiger partial charge in [0.15, 0.2) is 11.5 Å². The number of thiazole rings is 1. The van der Waals surface area contributed by atoms with E-state index in [-0.39, 0.29) is 11.6 Å². The number of rotatable bonds is 6. The van der Waals surface area contributed by atoms with Crippen LogP contribution in [0.4, 0.5) is 5.69 Å². The first-order valence-corrected chi connectivity index (χ1v) is 8.79. The molecule has 0 aliphatic heterocycles. The van der Waals surface area contributed by atoms with E-state index in [1.807, 2.05) is 12.1 Å². The molecule has 3 rings (SSSR count). The smallest absolute Gasteiger partial charge is 0.275 e. The van der Waals surface area contributed by atoms with Crippen LogP contribution in [0.25, 0.3) is 10.6 Å². The molecule has 0 fully saturated rings. The number of benzene rings is 2. The molecular formula is C19H17N3O4S. The van der Waals surface area contributed by atoms with Gasteiger partial charge >= 0.3 is 0 Å². The molecule has 0 aliphatic carbocycles. The quantitative estimate of drug-likeness (QED) is 0.680. The first-order valence-electron chi connectivity index (χ1n) is 7.91. The Kier molecular flexibility index (Phi) is 5.37. The molecule has 0 bridgehead atoms. The van der Waals surface area contributed by atoms with Crippen molar-refractivity contribution in [3.8, 4) is 22.1 Å². The van der Waals surface area contributed by atoms with Crippen LogP contribution in [0.3, 0.4) is 0 Å². The average Bonchev–Trinajstić information content (AvgIpc) is 3.17. The number of aromatic nitrogens is 1. The molecule has 0 unspecified atom stereocenters. The molecule has 3 aromatic rings. The molecule has 0 spiro atoms. The van der Waals surface area contributed by atoms with E-state index in [0.29, 0.717) is 27.8 Å². The predicted molar refractivity (Wildman–Crippen MR) is 104 cm³/mol. The van der Waals surface area contributed by atoms with E-state index >= 15 is 0 Å². The molecule has 0 aliphatic rings. The fourth-order valence-corrected chi connectivity index (χ4v) is 3.32. The van der Waals surface area contributed by atoms with Crippen molar-refractivity contribution in [1.29, 1.82) is 0 Å². The fraction of sp³-hybridized carbons (Fsp3) is 0.105. The maximum atomic E-state index is 12.5. The second-order valence-electron chi connectivity index (χ2n) is 5.48. The summed E-state index contributed by atoms with van der Waals surface area (Å²) in [4.78, 5) is 28.1. The van der Waals surface area contributed by atoms with Crippen LogP contribution in [0, 0.1) is 0 Å². The van der Waals surface area contributed by atoms with E-state index in [1.165, 1.54) is 17.4 Å². The van der Waals surface area contributed by atoms with Crippen molar-refractivity contribution >= 4 is 28.8 Å². The lowest BCUT2D eigenvalue weighted by Crippen LogP contribution is -2.14. The topological polar surface area (TPSA) is 104 Å².